The van der Waals surface area contributed by atoms with Gasteiger partial charge in [-0.1, -0.05) is 17.1 Å². The second-order valence-corrected chi connectivity index (χ2v) is 15.3. The van der Waals surface area contributed by atoms with Crippen molar-refractivity contribution in [3.63, 3.8) is 0 Å². The number of hydrogen-bond donors (Lipinski definition) is 4. The van der Waals surface area contributed by atoms with Crippen LogP contribution in [0, 0.1) is 5.92 Å². The molecule has 2 saturated carbocycles. The van der Waals surface area contributed by atoms with Crippen LogP contribution < -0.4 is 5.32 Å². The van der Waals surface area contributed by atoms with Crippen LogP contribution in [0.2, 0.25) is 0 Å². The lowest BCUT2D eigenvalue weighted by Crippen LogP contribution is -2.55. The maximum atomic E-state index is 14.3. The van der Waals surface area contributed by atoms with E-state index in [0.29, 0.717) is 44.6 Å². The van der Waals surface area contributed by atoms with Gasteiger partial charge in [0.05, 0.1) is 18.8 Å². The van der Waals surface area contributed by atoms with Crippen molar-refractivity contribution in [2.75, 3.05) is 38.7 Å². The van der Waals surface area contributed by atoms with Crippen LogP contribution in [0.1, 0.15) is 96.3 Å². The number of ether oxygens (including phenoxy) is 2. The molecule has 0 bridgehead atoms. The molecule has 1 aliphatic heterocycles. The first-order chi connectivity index (χ1) is 21.7. The lowest BCUT2D eigenvalue weighted by atomic mass is 9.78. The van der Waals surface area contributed by atoms with E-state index < -0.39 is 45.7 Å². The van der Waals surface area contributed by atoms with Crippen molar-refractivity contribution in [3.8, 4) is 0 Å². The minimum atomic E-state index is -3.53. The minimum absolute atomic E-state index is 0.0655. The quantitative estimate of drug-likeness (QED) is 0.0483. The lowest BCUT2D eigenvalue weighted by Gasteiger charge is -2.36. The summed E-state index contributed by atoms with van der Waals surface area (Å²) in [6, 6.07) is 0. The molecule has 4 N–H and O–H groups in total. The number of carbonyl (C=O) groups excluding carboxylic acids is 1. The van der Waals surface area contributed by atoms with Crippen LogP contribution in [0.25, 0.3) is 10.4 Å². The Kier molecular flexibility index (Phi) is 13.7. The Balaban J connectivity index is 1.69. The number of nitrogens with zero attached hydrogens (tertiary/aromatic N) is 4. The highest BCUT2D eigenvalue weighted by molar-refractivity contribution is 7.98. The number of carbonyl (C=O) groups is 1. The number of sulfone groups is 1. The SMILES string of the molecule is [N-]=[N+]=NCC1=C([C@H]2OC(C3CCC(OCCCO)CC3)=N[C@@]2(CC[S+](=O)([O-])C2CCCCC2)C(=O)NCC(O)CO)CCCC1. The average molecular weight is 654 g/mol. The first-order valence-corrected chi connectivity index (χ1v) is 18.4. The molecule has 45 heavy (non-hydrogen) atoms. The Morgan fingerprint density at radius 2 is 1.89 bits per heavy atom. The largest absolute Gasteiger partial charge is 0.615 e. The molecular weight excluding hydrogens is 602 g/mol. The summed E-state index contributed by atoms with van der Waals surface area (Å²) in [5.74, 6) is -0.420. The highest BCUT2D eigenvalue weighted by Crippen LogP contribution is 2.44. The van der Waals surface area contributed by atoms with Gasteiger partial charge in [0.1, 0.15) is 11.0 Å². The van der Waals surface area contributed by atoms with E-state index in [1.807, 2.05) is 0 Å². The first-order valence-electron chi connectivity index (χ1n) is 16.7. The zero-order chi connectivity index (χ0) is 32.3. The van der Waals surface area contributed by atoms with Gasteiger partial charge in [-0.15, -0.1) is 4.21 Å². The molecule has 0 saturated heterocycles. The van der Waals surface area contributed by atoms with Crippen LogP contribution in [-0.4, -0.2) is 99.4 Å². The van der Waals surface area contributed by atoms with Crippen molar-refractivity contribution in [1.82, 2.24) is 5.32 Å². The first kappa shape index (κ1) is 35.8. The van der Waals surface area contributed by atoms with Gasteiger partial charge in [-0.3, -0.25) is 4.79 Å². The van der Waals surface area contributed by atoms with E-state index in [0.717, 1.165) is 68.9 Å². The second-order valence-electron chi connectivity index (χ2n) is 12.9. The number of aliphatic hydroxyl groups excluding tert-OH is 3. The smallest absolute Gasteiger partial charge is 0.252 e. The molecule has 0 aromatic rings. The van der Waals surface area contributed by atoms with Crippen LogP contribution in [0.3, 0.4) is 0 Å². The predicted octanol–water partition coefficient (Wildman–Crippen LogP) is 3.48. The molecule has 0 aromatic carbocycles. The molecule has 4 atom stereocenters. The van der Waals surface area contributed by atoms with Gasteiger partial charge in [0.25, 0.3) is 5.91 Å². The molecule has 3 aliphatic carbocycles. The third-order valence-electron chi connectivity index (χ3n) is 9.86. The molecule has 0 radical (unpaired) electrons. The Morgan fingerprint density at radius 3 is 2.58 bits per heavy atom. The summed E-state index contributed by atoms with van der Waals surface area (Å²) in [6.45, 7) is -0.0484. The van der Waals surface area contributed by atoms with E-state index in [1.165, 1.54) is 0 Å². The number of aliphatic hydroxyl groups is 3. The van der Waals surface area contributed by atoms with Gasteiger partial charge in [0.2, 0.25) is 0 Å². The van der Waals surface area contributed by atoms with Gasteiger partial charge in [0, 0.05) is 53.8 Å². The van der Waals surface area contributed by atoms with E-state index in [9.17, 15) is 23.8 Å². The summed E-state index contributed by atoms with van der Waals surface area (Å²) in [6.07, 6.45) is 8.52. The third-order valence-corrected chi connectivity index (χ3v) is 12.1. The Morgan fingerprint density at radius 1 is 1.16 bits per heavy atom. The standard InChI is InChI=1S/C31H51N5O8S/c32-36-34-19-23-7-4-5-10-27(23)28-31(30(40)33-20-24(39)21-38,15-18-45(41,42)26-8-2-1-3-9-26)35-29(44-28)22-11-13-25(14-12-22)43-17-6-16-37/h22,24-26,28,37-39H,1-21H2,(H-,33,40,41,42)/t22?,24?,25?,28-,31-/m1/s1. The molecule has 14 heteroatoms. The van der Waals surface area contributed by atoms with Crippen molar-refractivity contribution >= 4 is 22.0 Å². The Hall–Kier alpha value is -2.06. The molecule has 0 aromatic heterocycles. The van der Waals surface area contributed by atoms with Crippen molar-refractivity contribution < 1.29 is 38.3 Å². The molecule has 2 unspecified atom stereocenters. The van der Waals surface area contributed by atoms with Crippen molar-refractivity contribution in [2.24, 2.45) is 16.0 Å². The van der Waals surface area contributed by atoms with Crippen LogP contribution in [0.5, 0.6) is 0 Å². The molecule has 1 heterocycles. The normalized spacial score (nSPS) is 29.7. The molecule has 2 fully saturated rings. The van der Waals surface area contributed by atoms with E-state index in [4.69, 9.17) is 25.1 Å². The van der Waals surface area contributed by atoms with Gasteiger partial charge in [-0.25, -0.2) is 4.99 Å². The highest BCUT2D eigenvalue weighted by atomic mass is 32.3. The number of azide groups is 1. The van der Waals surface area contributed by atoms with E-state index in [2.05, 4.69) is 15.3 Å². The Bertz CT molecular complexity index is 1150. The summed E-state index contributed by atoms with van der Waals surface area (Å²) in [5.41, 5.74) is 9.19. The topological polar surface area (TPSA) is 210 Å². The number of nitrogens with one attached hydrogen (secondary N) is 1. The molecule has 4 aliphatic rings. The Labute approximate surface area is 267 Å². The zero-order valence-corrected chi connectivity index (χ0v) is 27.1. The number of hydrogen-bond acceptors (Lipinski definition) is 10. The number of rotatable bonds is 16. The van der Waals surface area contributed by atoms with E-state index in [1.54, 1.807) is 0 Å². The van der Waals surface area contributed by atoms with Crippen molar-refractivity contribution in [1.29, 1.82) is 0 Å². The number of aliphatic imine (C=N–C) groups is 1. The number of amides is 1. The fraction of sp³-hybridized carbons (Fsp3) is 0.871. The maximum Gasteiger partial charge on any atom is 0.252 e. The summed E-state index contributed by atoms with van der Waals surface area (Å²) in [7, 11) is -3.53. The van der Waals surface area contributed by atoms with Gasteiger partial charge in [0.15, 0.2) is 17.5 Å². The lowest BCUT2D eigenvalue weighted by molar-refractivity contribution is -0.128. The maximum absolute atomic E-state index is 14.3. The van der Waals surface area contributed by atoms with E-state index in [-0.39, 0.29) is 43.9 Å². The minimum Gasteiger partial charge on any atom is -0.615 e. The van der Waals surface area contributed by atoms with E-state index >= 15 is 0 Å². The highest BCUT2D eigenvalue weighted by Gasteiger charge is 2.56. The molecule has 254 valence electrons. The monoisotopic (exact) mass is 653 g/mol. The second kappa shape index (κ2) is 17.2. The van der Waals surface area contributed by atoms with Crippen molar-refractivity contribution in [3.05, 3.63) is 21.6 Å². The molecule has 1 amide bonds. The van der Waals surface area contributed by atoms with Gasteiger partial charge in [-0.05, 0) is 94.6 Å². The zero-order valence-electron chi connectivity index (χ0n) is 26.3. The fourth-order valence-electron chi connectivity index (χ4n) is 7.23. The molecule has 4 rings (SSSR count). The van der Waals surface area contributed by atoms with Gasteiger partial charge < -0.3 is 34.7 Å². The van der Waals surface area contributed by atoms with Gasteiger partial charge >= 0.3 is 0 Å². The van der Waals surface area contributed by atoms with Crippen LogP contribution in [0.15, 0.2) is 21.3 Å². The summed E-state index contributed by atoms with van der Waals surface area (Å²) in [5, 5.41) is 34.7. The summed E-state index contributed by atoms with van der Waals surface area (Å²) >= 11 is 0. The third kappa shape index (κ3) is 9.27. The van der Waals surface area contributed by atoms with Crippen LogP contribution in [-0.2, 0) is 28.7 Å². The molecule has 0 spiro atoms. The average Bonchev–Trinajstić information content (AvgIpc) is 3.47. The summed E-state index contributed by atoms with van der Waals surface area (Å²) in [4.78, 5) is 22.2. The van der Waals surface area contributed by atoms with Gasteiger partial charge in [-0.2, -0.15) is 0 Å². The van der Waals surface area contributed by atoms with Crippen molar-refractivity contribution in [2.45, 2.75) is 125 Å². The predicted molar refractivity (Wildman–Crippen MR) is 169 cm³/mol. The van der Waals surface area contributed by atoms with Crippen LogP contribution in [0.4, 0.5) is 0 Å². The fourth-order valence-corrected chi connectivity index (χ4v) is 9.21. The molecule has 13 nitrogen and oxygen atoms in total. The summed E-state index contributed by atoms with van der Waals surface area (Å²) < 4.78 is 39.9. The molecular formula is C31H51N5O8S. The van der Waals surface area contributed by atoms with Crippen LogP contribution >= 0.6 is 0 Å².